The van der Waals surface area contributed by atoms with Crippen molar-refractivity contribution in [2.75, 3.05) is 7.05 Å². The van der Waals surface area contributed by atoms with Crippen molar-refractivity contribution < 1.29 is 9.63 Å². The Kier molecular flexibility index (Phi) is 2.30. The number of rotatable bonds is 2. The van der Waals surface area contributed by atoms with Gasteiger partial charge >= 0.3 is 6.09 Å². The van der Waals surface area contributed by atoms with E-state index in [2.05, 4.69) is 10.8 Å². The van der Waals surface area contributed by atoms with Crippen molar-refractivity contribution in [3.63, 3.8) is 0 Å². The number of allylic oxidation sites excluding steroid dienone is 2. The maximum absolute atomic E-state index is 11.0. The Labute approximate surface area is 95.4 Å². The summed E-state index contributed by atoms with van der Waals surface area (Å²) in [6, 6.07) is 0. The normalized spacial score (nSPS) is 35.2. The van der Waals surface area contributed by atoms with Crippen molar-refractivity contribution in [3.8, 4) is 0 Å². The molecule has 0 aromatic carbocycles. The van der Waals surface area contributed by atoms with Gasteiger partial charge in [0.15, 0.2) is 0 Å². The van der Waals surface area contributed by atoms with E-state index in [1.54, 1.807) is 7.05 Å². The number of hydrogen-bond acceptors (Lipinski definition) is 3. The average Bonchev–Trinajstić information content (AvgIpc) is 2.26. The van der Waals surface area contributed by atoms with Crippen LogP contribution in [-0.2, 0) is 4.84 Å². The summed E-state index contributed by atoms with van der Waals surface area (Å²) in [5.74, 6) is 2.42. The van der Waals surface area contributed by atoms with Gasteiger partial charge in [-0.1, -0.05) is 0 Å². The van der Waals surface area contributed by atoms with Gasteiger partial charge in [-0.2, -0.15) is 0 Å². The third-order valence-corrected chi connectivity index (χ3v) is 4.22. The minimum atomic E-state index is -0.415. The van der Waals surface area contributed by atoms with Gasteiger partial charge in [-0.3, -0.25) is 0 Å². The molecule has 4 bridgehead atoms. The fourth-order valence-corrected chi connectivity index (χ4v) is 3.73. The molecule has 0 spiro atoms. The molecular weight excluding hydrogens is 204 g/mol. The van der Waals surface area contributed by atoms with Crippen LogP contribution in [0.25, 0.3) is 0 Å². The first-order valence-electron chi connectivity index (χ1n) is 6.12. The minimum Gasteiger partial charge on any atom is -0.325 e. The summed E-state index contributed by atoms with van der Waals surface area (Å²) in [5, 5.41) is 2.44. The number of amides is 1. The lowest BCUT2D eigenvalue weighted by atomic mass is 9.60. The van der Waals surface area contributed by atoms with Gasteiger partial charge in [-0.25, -0.2) is 10.3 Å². The van der Waals surface area contributed by atoms with E-state index in [0.717, 1.165) is 11.8 Å². The molecule has 2 unspecified atom stereocenters. The predicted octanol–water partition coefficient (Wildman–Crippen LogP) is 1.94. The maximum Gasteiger partial charge on any atom is 0.431 e. The van der Waals surface area contributed by atoms with Gasteiger partial charge in [0.05, 0.1) is 5.70 Å². The van der Waals surface area contributed by atoms with E-state index in [-0.39, 0.29) is 0 Å². The lowest BCUT2D eigenvalue weighted by Crippen LogP contribution is -2.40. The fourth-order valence-electron chi connectivity index (χ4n) is 3.73. The molecule has 2 saturated carbocycles. The molecule has 0 saturated heterocycles. The van der Waals surface area contributed by atoms with Crippen LogP contribution in [0.15, 0.2) is 11.3 Å². The second-order valence-corrected chi connectivity index (χ2v) is 5.30. The molecule has 2 atom stereocenters. The lowest BCUT2D eigenvalue weighted by molar-refractivity contribution is 0.0758. The van der Waals surface area contributed by atoms with Crippen molar-refractivity contribution in [1.29, 1.82) is 0 Å². The zero-order valence-electron chi connectivity index (χ0n) is 9.58. The third kappa shape index (κ3) is 1.56. The lowest BCUT2D eigenvalue weighted by Gasteiger charge is -2.47. The third-order valence-electron chi connectivity index (χ3n) is 4.22. The molecule has 0 radical (unpaired) electrons. The van der Waals surface area contributed by atoms with Crippen molar-refractivity contribution in [2.24, 2.45) is 17.8 Å². The summed E-state index contributed by atoms with van der Waals surface area (Å²) in [5.41, 5.74) is 5.59. The van der Waals surface area contributed by atoms with Crippen LogP contribution in [0.5, 0.6) is 0 Å². The molecule has 0 heterocycles. The van der Waals surface area contributed by atoms with Gasteiger partial charge < -0.3 is 10.2 Å². The monoisotopic (exact) mass is 222 g/mol. The van der Waals surface area contributed by atoms with E-state index in [1.165, 1.54) is 43.4 Å². The number of carbonyl (C=O) groups excluding carboxylic acids is 1. The van der Waals surface area contributed by atoms with E-state index in [0.29, 0.717) is 5.92 Å². The maximum atomic E-state index is 11.0. The largest absolute Gasteiger partial charge is 0.431 e. The molecular formula is C12H18N2O2. The van der Waals surface area contributed by atoms with Crippen molar-refractivity contribution in [2.45, 2.75) is 32.1 Å². The summed E-state index contributed by atoms with van der Waals surface area (Å²) in [4.78, 5) is 16.0. The first-order chi connectivity index (χ1) is 7.76. The summed E-state index contributed by atoms with van der Waals surface area (Å²) >= 11 is 0. The molecule has 4 aliphatic carbocycles. The van der Waals surface area contributed by atoms with Crippen LogP contribution in [0.4, 0.5) is 4.79 Å². The fraction of sp³-hybridized carbons (Fsp3) is 0.750. The highest BCUT2D eigenvalue weighted by molar-refractivity contribution is 5.66. The van der Waals surface area contributed by atoms with Crippen molar-refractivity contribution in [3.05, 3.63) is 11.3 Å². The van der Waals surface area contributed by atoms with E-state index in [9.17, 15) is 4.79 Å². The Morgan fingerprint density at radius 3 is 2.50 bits per heavy atom. The highest BCUT2D eigenvalue weighted by atomic mass is 16.7. The summed E-state index contributed by atoms with van der Waals surface area (Å²) < 4.78 is 0. The Morgan fingerprint density at radius 2 is 1.94 bits per heavy atom. The molecule has 4 aliphatic rings. The van der Waals surface area contributed by atoms with Gasteiger partial charge in [0.2, 0.25) is 0 Å². The van der Waals surface area contributed by atoms with Crippen LogP contribution in [0, 0.1) is 17.8 Å². The molecule has 0 aliphatic heterocycles. The zero-order valence-corrected chi connectivity index (χ0v) is 9.58. The van der Waals surface area contributed by atoms with Crippen molar-refractivity contribution in [1.82, 2.24) is 10.8 Å². The van der Waals surface area contributed by atoms with Crippen LogP contribution in [0.1, 0.15) is 32.1 Å². The van der Waals surface area contributed by atoms with Crippen molar-refractivity contribution >= 4 is 6.09 Å². The Morgan fingerprint density at radius 1 is 1.25 bits per heavy atom. The van der Waals surface area contributed by atoms with Gasteiger partial charge in [0.25, 0.3) is 0 Å². The molecule has 0 aromatic rings. The first-order valence-corrected chi connectivity index (χ1v) is 6.12. The van der Waals surface area contributed by atoms with E-state index in [1.807, 2.05) is 0 Å². The average molecular weight is 222 g/mol. The highest BCUT2D eigenvalue weighted by Crippen LogP contribution is 2.52. The van der Waals surface area contributed by atoms with Crippen LogP contribution >= 0.6 is 0 Å². The molecule has 4 heteroatoms. The SMILES string of the molecule is CNC(=O)ONC1=C2CC3CC(C2)CC1C3. The Balaban J connectivity index is 1.72. The highest BCUT2D eigenvalue weighted by Gasteiger charge is 2.42. The topological polar surface area (TPSA) is 50.4 Å². The van der Waals surface area contributed by atoms with Gasteiger partial charge in [-0.05, 0) is 49.5 Å². The summed E-state index contributed by atoms with van der Waals surface area (Å²) in [7, 11) is 1.57. The quantitative estimate of drug-likeness (QED) is 0.702. The first kappa shape index (κ1) is 10.00. The molecule has 88 valence electrons. The minimum absolute atomic E-state index is 0.415. The standard InChI is InChI=1S/C12H18N2O2/c1-13-12(15)16-14-11-9-3-7-2-8(5-9)6-10(11)4-7/h7-9,14H,2-6H2,1H3,(H,13,15). The second kappa shape index (κ2) is 3.68. The van der Waals surface area contributed by atoms with Gasteiger partial charge in [-0.15, -0.1) is 0 Å². The molecule has 1 amide bonds. The van der Waals surface area contributed by atoms with Crippen LogP contribution in [-0.4, -0.2) is 13.1 Å². The van der Waals surface area contributed by atoms with Gasteiger partial charge in [0, 0.05) is 13.0 Å². The Bertz CT molecular complexity index is 335. The van der Waals surface area contributed by atoms with Crippen LogP contribution < -0.4 is 10.8 Å². The Hall–Kier alpha value is -1.19. The molecule has 4 rings (SSSR count). The number of hydroxylamine groups is 1. The molecule has 16 heavy (non-hydrogen) atoms. The van der Waals surface area contributed by atoms with E-state index in [4.69, 9.17) is 4.84 Å². The smallest absolute Gasteiger partial charge is 0.325 e. The predicted molar refractivity (Wildman–Crippen MR) is 59.3 cm³/mol. The summed E-state index contributed by atoms with van der Waals surface area (Å²) in [6.07, 6.45) is 5.99. The molecule has 4 nitrogen and oxygen atoms in total. The second-order valence-electron chi connectivity index (χ2n) is 5.30. The van der Waals surface area contributed by atoms with Gasteiger partial charge in [0.1, 0.15) is 0 Å². The number of carbonyl (C=O) groups is 1. The van der Waals surface area contributed by atoms with Crippen LogP contribution in [0.2, 0.25) is 0 Å². The van der Waals surface area contributed by atoms with Crippen LogP contribution in [0.3, 0.4) is 0 Å². The molecule has 0 aromatic heterocycles. The molecule has 2 N–H and O–H groups in total. The molecule has 2 fully saturated rings. The summed E-state index contributed by atoms with van der Waals surface area (Å²) in [6.45, 7) is 0. The zero-order chi connectivity index (χ0) is 11.1. The number of nitrogens with one attached hydrogen (secondary N) is 2. The van der Waals surface area contributed by atoms with E-state index < -0.39 is 6.09 Å². The van der Waals surface area contributed by atoms with E-state index >= 15 is 0 Å². The number of hydrogen-bond donors (Lipinski definition) is 2.